The Morgan fingerprint density at radius 3 is 2.81 bits per heavy atom. The van der Waals surface area contributed by atoms with Crippen LogP contribution in [0.3, 0.4) is 0 Å². The third-order valence-electron chi connectivity index (χ3n) is 5.28. The van der Waals surface area contributed by atoms with Crippen molar-refractivity contribution in [2.24, 2.45) is 0 Å². The third kappa shape index (κ3) is 3.18. The summed E-state index contributed by atoms with van der Waals surface area (Å²) in [5, 5.41) is 6.53. The number of anilines is 1. The lowest BCUT2D eigenvalue weighted by molar-refractivity contribution is 0.0714. The van der Waals surface area contributed by atoms with E-state index in [0.717, 1.165) is 48.1 Å². The summed E-state index contributed by atoms with van der Waals surface area (Å²) in [6.45, 7) is 8.47. The van der Waals surface area contributed by atoms with E-state index >= 15 is 0 Å². The van der Waals surface area contributed by atoms with Crippen LogP contribution in [0.15, 0.2) is 23.6 Å². The number of fused-ring (bicyclic) bond motifs is 1. The molecule has 2 aromatic rings. The van der Waals surface area contributed by atoms with Gasteiger partial charge in [0.05, 0.1) is 17.9 Å². The summed E-state index contributed by atoms with van der Waals surface area (Å²) in [5.41, 5.74) is 2.86. The zero-order valence-electron chi connectivity index (χ0n) is 15.5. The summed E-state index contributed by atoms with van der Waals surface area (Å²) in [6, 6.07) is 6.32. The fraction of sp³-hybridized carbons (Fsp3) is 0.500. The van der Waals surface area contributed by atoms with Crippen LogP contribution in [-0.4, -0.2) is 41.5 Å². The number of rotatable bonds is 3. The van der Waals surface area contributed by atoms with Crippen molar-refractivity contribution in [3.05, 3.63) is 40.4 Å². The maximum absolute atomic E-state index is 13.1. The van der Waals surface area contributed by atoms with Crippen molar-refractivity contribution >= 4 is 22.4 Å². The molecule has 0 radical (unpaired) electrons. The van der Waals surface area contributed by atoms with Crippen LogP contribution >= 0.6 is 11.3 Å². The van der Waals surface area contributed by atoms with Crippen molar-refractivity contribution < 1.29 is 9.53 Å². The van der Waals surface area contributed by atoms with Crippen LogP contribution in [0.4, 0.5) is 5.13 Å². The van der Waals surface area contributed by atoms with Crippen molar-refractivity contribution in [2.45, 2.75) is 45.1 Å². The number of aromatic nitrogens is 1. The number of hydrogen-bond acceptors (Lipinski definition) is 5. The minimum absolute atomic E-state index is 0.0334. The van der Waals surface area contributed by atoms with Crippen molar-refractivity contribution in [2.75, 3.05) is 25.0 Å². The van der Waals surface area contributed by atoms with Gasteiger partial charge in [-0.1, -0.05) is 26.0 Å². The largest absolute Gasteiger partial charge is 0.492 e. The second kappa shape index (κ2) is 6.58. The molecule has 0 spiro atoms. The van der Waals surface area contributed by atoms with Crippen molar-refractivity contribution in [3.63, 3.8) is 0 Å². The summed E-state index contributed by atoms with van der Waals surface area (Å²) in [4.78, 5) is 19.5. The van der Waals surface area contributed by atoms with E-state index < -0.39 is 0 Å². The van der Waals surface area contributed by atoms with Gasteiger partial charge >= 0.3 is 0 Å². The zero-order chi connectivity index (χ0) is 18.3. The molecule has 0 aliphatic carbocycles. The second-order valence-electron chi connectivity index (χ2n) is 7.86. The van der Waals surface area contributed by atoms with E-state index in [9.17, 15) is 4.79 Å². The smallest absolute Gasteiger partial charge is 0.257 e. The molecule has 1 aromatic carbocycles. The monoisotopic (exact) mass is 371 g/mol. The third-order valence-corrected chi connectivity index (χ3v) is 6.17. The maximum atomic E-state index is 13.1. The van der Waals surface area contributed by atoms with Gasteiger partial charge < -0.3 is 15.0 Å². The maximum Gasteiger partial charge on any atom is 0.257 e. The topological polar surface area (TPSA) is 54.5 Å². The van der Waals surface area contributed by atoms with Crippen LogP contribution in [0.25, 0.3) is 0 Å². The first-order valence-corrected chi connectivity index (χ1v) is 10.1. The number of amides is 1. The summed E-state index contributed by atoms with van der Waals surface area (Å²) in [6.07, 6.45) is 1.87. The molecular weight excluding hydrogens is 346 g/mol. The number of ether oxygens (including phenoxy) is 1. The Kier molecular flexibility index (Phi) is 4.39. The number of hydrogen-bond donors (Lipinski definition) is 1. The van der Waals surface area contributed by atoms with Gasteiger partial charge in [-0.05, 0) is 25.8 Å². The molecule has 1 aromatic heterocycles. The van der Waals surface area contributed by atoms with Gasteiger partial charge in [0.1, 0.15) is 5.75 Å². The summed E-state index contributed by atoms with van der Waals surface area (Å²) >= 11 is 1.64. The predicted molar refractivity (Wildman–Crippen MR) is 104 cm³/mol. The molecule has 6 heteroatoms. The number of likely N-dealkylation sites (tertiary alicyclic amines) is 1. The highest BCUT2D eigenvalue weighted by atomic mass is 32.1. The minimum Gasteiger partial charge on any atom is -0.492 e. The second-order valence-corrected chi connectivity index (χ2v) is 8.72. The number of aryl methyl sites for hydroxylation is 1. The molecule has 2 aliphatic rings. The van der Waals surface area contributed by atoms with Gasteiger partial charge in [0, 0.05) is 35.5 Å². The molecule has 0 bridgehead atoms. The lowest BCUT2D eigenvalue weighted by Crippen LogP contribution is -2.42. The van der Waals surface area contributed by atoms with E-state index in [-0.39, 0.29) is 11.3 Å². The Balaban J connectivity index is 1.42. The lowest BCUT2D eigenvalue weighted by atomic mass is 9.86. The number of para-hydroxylation sites is 1. The summed E-state index contributed by atoms with van der Waals surface area (Å²) < 4.78 is 5.89. The Hall–Kier alpha value is -2.08. The molecule has 5 nitrogen and oxygen atoms in total. The number of nitrogens with one attached hydrogen (secondary N) is 1. The first-order valence-electron chi connectivity index (χ1n) is 9.18. The van der Waals surface area contributed by atoms with E-state index in [1.165, 1.54) is 0 Å². The Labute approximate surface area is 158 Å². The zero-order valence-corrected chi connectivity index (χ0v) is 16.4. The van der Waals surface area contributed by atoms with E-state index in [1.54, 1.807) is 11.3 Å². The fourth-order valence-electron chi connectivity index (χ4n) is 3.72. The highest BCUT2D eigenvalue weighted by Gasteiger charge is 2.35. The molecule has 0 unspecified atom stereocenters. The summed E-state index contributed by atoms with van der Waals surface area (Å²) in [7, 11) is 0. The Morgan fingerprint density at radius 2 is 2.12 bits per heavy atom. The van der Waals surface area contributed by atoms with E-state index in [1.807, 2.05) is 24.0 Å². The van der Waals surface area contributed by atoms with Crippen LogP contribution in [0, 0.1) is 6.92 Å². The summed E-state index contributed by atoms with van der Waals surface area (Å²) in [5.74, 6) is 0.865. The molecule has 26 heavy (non-hydrogen) atoms. The molecule has 1 saturated heterocycles. The standard InChI is InChI=1S/C20H25N3O2S/c1-13-11-26-19(21-13)22-14-7-9-23(10-8-14)18(24)15-5-4-6-16-17(15)25-12-20(16,2)3/h4-6,11,14H,7-10,12H2,1-3H3,(H,21,22). The first-order chi connectivity index (χ1) is 12.4. The first kappa shape index (κ1) is 17.3. The normalized spacial score (nSPS) is 19.1. The van der Waals surface area contributed by atoms with E-state index in [4.69, 9.17) is 4.74 Å². The van der Waals surface area contributed by atoms with E-state index in [2.05, 4.69) is 35.6 Å². The van der Waals surface area contributed by atoms with Gasteiger partial charge in [0.15, 0.2) is 5.13 Å². The van der Waals surface area contributed by atoms with Gasteiger partial charge in [-0.15, -0.1) is 11.3 Å². The van der Waals surface area contributed by atoms with Gasteiger partial charge in [-0.25, -0.2) is 4.98 Å². The molecule has 0 saturated carbocycles. The number of nitrogens with zero attached hydrogens (tertiary/aromatic N) is 2. The van der Waals surface area contributed by atoms with Crippen LogP contribution in [-0.2, 0) is 5.41 Å². The Bertz CT molecular complexity index is 822. The van der Waals surface area contributed by atoms with Crippen molar-refractivity contribution in [1.29, 1.82) is 0 Å². The highest BCUT2D eigenvalue weighted by molar-refractivity contribution is 7.13. The SMILES string of the molecule is Cc1csc(NC2CCN(C(=O)c3cccc4c3OCC4(C)C)CC2)n1. The van der Waals surface area contributed by atoms with Gasteiger partial charge in [-0.3, -0.25) is 4.79 Å². The average molecular weight is 372 g/mol. The van der Waals surface area contributed by atoms with Crippen LogP contribution < -0.4 is 10.1 Å². The van der Waals surface area contributed by atoms with Crippen molar-refractivity contribution in [1.82, 2.24) is 9.88 Å². The molecular formula is C20H25N3O2S. The molecule has 138 valence electrons. The predicted octanol–water partition coefficient (Wildman–Crippen LogP) is 3.84. The van der Waals surface area contributed by atoms with Crippen molar-refractivity contribution in [3.8, 4) is 5.75 Å². The molecule has 0 atom stereocenters. The Morgan fingerprint density at radius 1 is 1.35 bits per heavy atom. The van der Waals surface area contributed by atoms with E-state index in [0.29, 0.717) is 18.2 Å². The van der Waals surface area contributed by atoms with Crippen LogP contribution in [0.1, 0.15) is 48.3 Å². The van der Waals surface area contributed by atoms with Crippen LogP contribution in [0.2, 0.25) is 0 Å². The minimum atomic E-state index is -0.0334. The average Bonchev–Trinajstić information content (AvgIpc) is 3.18. The highest BCUT2D eigenvalue weighted by Crippen LogP contribution is 2.41. The number of carbonyl (C=O) groups is 1. The molecule has 4 rings (SSSR count). The molecule has 3 heterocycles. The quantitative estimate of drug-likeness (QED) is 0.891. The fourth-order valence-corrected chi connectivity index (χ4v) is 4.48. The van der Waals surface area contributed by atoms with Gasteiger partial charge in [-0.2, -0.15) is 0 Å². The number of benzene rings is 1. The lowest BCUT2D eigenvalue weighted by Gasteiger charge is -2.32. The number of piperidine rings is 1. The number of thiazole rings is 1. The molecule has 2 aliphatic heterocycles. The number of carbonyl (C=O) groups excluding carboxylic acids is 1. The molecule has 1 N–H and O–H groups in total. The molecule has 1 amide bonds. The molecule has 1 fully saturated rings. The van der Waals surface area contributed by atoms with Gasteiger partial charge in [0.25, 0.3) is 5.91 Å². The van der Waals surface area contributed by atoms with Gasteiger partial charge in [0.2, 0.25) is 0 Å². The van der Waals surface area contributed by atoms with Crippen LogP contribution in [0.5, 0.6) is 5.75 Å².